The Kier molecular flexibility index (Phi) is 3.17. The topological polar surface area (TPSA) is 42.2 Å². The van der Waals surface area contributed by atoms with Gasteiger partial charge in [-0.05, 0) is 28.7 Å². The van der Waals surface area contributed by atoms with Crippen LogP contribution in [0.1, 0.15) is 5.69 Å². The van der Waals surface area contributed by atoms with E-state index in [1.165, 1.54) is 11.6 Å². The highest BCUT2D eigenvalue weighted by atomic mass is 127. The molecule has 0 fully saturated rings. The third-order valence-corrected chi connectivity index (χ3v) is 3.73. The van der Waals surface area contributed by atoms with Gasteiger partial charge in [-0.15, -0.1) is 0 Å². The molecule has 0 bridgehead atoms. The molecule has 1 N–H and O–H groups in total. The number of aliphatic hydroxyl groups excluding tert-OH is 1. The van der Waals surface area contributed by atoms with Crippen LogP contribution in [0.15, 0.2) is 16.9 Å². The van der Waals surface area contributed by atoms with Crippen LogP contribution in [0.3, 0.4) is 0 Å². The molecule has 90 valence electrons. The lowest BCUT2D eigenvalue weighted by atomic mass is 10.1. The van der Waals surface area contributed by atoms with E-state index in [4.69, 9.17) is 5.11 Å². The number of aryl methyl sites for hydroxylation is 1. The summed E-state index contributed by atoms with van der Waals surface area (Å²) in [5, 5.41) is 9.15. The third kappa shape index (κ3) is 1.85. The largest absolute Gasteiger partial charge is 0.390 e. The lowest BCUT2D eigenvalue weighted by molar-refractivity contribution is 0.271. The Morgan fingerprint density at radius 1 is 1.41 bits per heavy atom. The van der Waals surface area contributed by atoms with Gasteiger partial charge < -0.3 is 9.67 Å². The van der Waals surface area contributed by atoms with Gasteiger partial charge in [0.25, 0.3) is 0 Å². The summed E-state index contributed by atoms with van der Waals surface area (Å²) < 4.78 is 28.4. The maximum absolute atomic E-state index is 13.7. The van der Waals surface area contributed by atoms with Crippen molar-refractivity contribution in [3.8, 4) is 0 Å². The van der Waals surface area contributed by atoms with Crippen LogP contribution < -0.4 is 5.43 Å². The molecule has 1 aromatic carbocycles. The van der Waals surface area contributed by atoms with Crippen molar-refractivity contribution in [1.29, 1.82) is 0 Å². The van der Waals surface area contributed by atoms with Gasteiger partial charge in [0.15, 0.2) is 5.82 Å². The Morgan fingerprint density at radius 2 is 2.06 bits per heavy atom. The smallest absolute Gasteiger partial charge is 0.203 e. The van der Waals surface area contributed by atoms with Crippen LogP contribution in [-0.4, -0.2) is 9.67 Å². The fourth-order valence-electron chi connectivity index (χ4n) is 1.79. The maximum Gasteiger partial charge on any atom is 0.203 e. The number of fused-ring (bicyclic) bond motifs is 1. The Morgan fingerprint density at radius 3 is 2.65 bits per heavy atom. The lowest BCUT2D eigenvalue weighted by Crippen LogP contribution is -2.18. The highest BCUT2D eigenvalue weighted by Gasteiger charge is 2.16. The Bertz CT molecular complexity index is 667. The van der Waals surface area contributed by atoms with Crippen molar-refractivity contribution in [3.05, 3.63) is 43.3 Å². The number of hydrogen-bond acceptors (Lipinski definition) is 2. The third-order valence-electron chi connectivity index (χ3n) is 2.62. The van der Waals surface area contributed by atoms with E-state index >= 15 is 0 Å². The van der Waals surface area contributed by atoms with Crippen LogP contribution in [0.2, 0.25) is 0 Å². The minimum atomic E-state index is -0.814. The van der Waals surface area contributed by atoms with E-state index in [0.29, 0.717) is 5.69 Å². The van der Waals surface area contributed by atoms with E-state index in [-0.39, 0.29) is 21.1 Å². The van der Waals surface area contributed by atoms with Crippen molar-refractivity contribution in [2.45, 2.75) is 6.61 Å². The van der Waals surface area contributed by atoms with E-state index in [0.717, 1.165) is 12.1 Å². The number of halogens is 3. The summed E-state index contributed by atoms with van der Waals surface area (Å²) in [5.74, 6) is -1.61. The number of benzene rings is 1. The number of rotatable bonds is 1. The van der Waals surface area contributed by atoms with Crippen molar-refractivity contribution in [3.63, 3.8) is 0 Å². The maximum atomic E-state index is 13.7. The molecule has 2 rings (SSSR count). The summed E-state index contributed by atoms with van der Waals surface area (Å²) in [4.78, 5) is 11.9. The average Bonchev–Trinajstić information content (AvgIpc) is 2.25. The molecule has 3 nitrogen and oxygen atoms in total. The standard InChI is InChI=1S/C11H8F2INO2/c1-15-8(4-16)9(14)11(17)6-2-5(12)3-7(13)10(6)15/h2-3,16H,4H2,1H3. The fraction of sp³-hybridized carbons (Fsp3) is 0.182. The predicted molar refractivity (Wildman–Crippen MR) is 67.7 cm³/mol. The Hall–Kier alpha value is -1.02. The molecule has 1 heterocycles. The van der Waals surface area contributed by atoms with E-state index < -0.39 is 17.1 Å². The minimum Gasteiger partial charge on any atom is -0.390 e. The second-order valence-corrected chi connectivity index (χ2v) is 4.67. The molecule has 0 amide bonds. The first-order valence-electron chi connectivity index (χ1n) is 4.74. The highest BCUT2D eigenvalue weighted by Crippen LogP contribution is 2.20. The molecule has 0 saturated heterocycles. The van der Waals surface area contributed by atoms with Crippen LogP contribution in [0.5, 0.6) is 0 Å². The van der Waals surface area contributed by atoms with Gasteiger partial charge in [0, 0.05) is 13.1 Å². The zero-order valence-corrected chi connectivity index (χ0v) is 11.0. The predicted octanol–water partition coefficient (Wildman–Crippen LogP) is 1.91. The number of hydrogen-bond donors (Lipinski definition) is 1. The summed E-state index contributed by atoms with van der Waals surface area (Å²) >= 11 is 1.76. The van der Waals surface area contributed by atoms with E-state index in [9.17, 15) is 13.6 Å². The molecule has 2 aromatic rings. The molecule has 0 spiro atoms. The van der Waals surface area contributed by atoms with Crippen molar-refractivity contribution in [2.24, 2.45) is 7.05 Å². The molecule has 0 atom stereocenters. The van der Waals surface area contributed by atoms with Crippen LogP contribution in [0.4, 0.5) is 8.78 Å². The SMILES string of the molecule is Cn1c(CO)c(I)c(=O)c2cc(F)cc(F)c21. The van der Waals surface area contributed by atoms with Crippen LogP contribution in [0.25, 0.3) is 10.9 Å². The summed E-state index contributed by atoms with van der Waals surface area (Å²) in [6.07, 6.45) is 0. The summed E-state index contributed by atoms with van der Waals surface area (Å²) in [6.45, 7) is -0.378. The zero-order chi connectivity index (χ0) is 12.7. The van der Waals surface area contributed by atoms with Crippen molar-refractivity contribution in [2.75, 3.05) is 0 Å². The van der Waals surface area contributed by atoms with E-state index in [1.807, 2.05) is 0 Å². The molecule has 0 aliphatic heterocycles. The molecule has 0 radical (unpaired) electrons. The first-order valence-corrected chi connectivity index (χ1v) is 5.82. The second kappa shape index (κ2) is 4.34. The van der Waals surface area contributed by atoms with Crippen LogP contribution >= 0.6 is 22.6 Å². The Balaban J connectivity index is 3.09. The fourth-order valence-corrected chi connectivity index (χ4v) is 2.61. The monoisotopic (exact) mass is 351 g/mol. The molecular formula is C11H8F2INO2. The molecule has 17 heavy (non-hydrogen) atoms. The molecular weight excluding hydrogens is 343 g/mol. The van der Waals surface area contributed by atoms with Crippen molar-refractivity contribution < 1.29 is 13.9 Å². The quantitative estimate of drug-likeness (QED) is 0.798. The van der Waals surface area contributed by atoms with Gasteiger partial charge >= 0.3 is 0 Å². The number of nitrogens with zero attached hydrogens (tertiary/aromatic N) is 1. The van der Waals surface area contributed by atoms with Gasteiger partial charge in [-0.3, -0.25) is 4.79 Å². The molecule has 0 saturated carbocycles. The summed E-state index contributed by atoms with van der Waals surface area (Å²) in [7, 11) is 1.52. The molecule has 0 aliphatic carbocycles. The highest BCUT2D eigenvalue weighted by molar-refractivity contribution is 14.1. The minimum absolute atomic E-state index is 0.000802. The zero-order valence-electron chi connectivity index (χ0n) is 8.80. The van der Waals surface area contributed by atoms with Crippen LogP contribution in [0, 0.1) is 15.2 Å². The van der Waals surface area contributed by atoms with E-state index in [2.05, 4.69) is 0 Å². The van der Waals surface area contributed by atoms with Gasteiger partial charge in [-0.25, -0.2) is 8.78 Å². The van der Waals surface area contributed by atoms with Crippen molar-refractivity contribution in [1.82, 2.24) is 4.57 Å². The van der Waals surface area contributed by atoms with E-state index in [1.54, 1.807) is 22.6 Å². The van der Waals surface area contributed by atoms with Gasteiger partial charge in [0.2, 0.25) is 5.43 Å². The van der Waals surface area contributed by atoms with Gasteiger partial charge in [-0.2, -0.15) is 0 Å². The van der Waals surface area contributed by atoms with Crippen molar-refractivity contribution >= 4 is 33.5 Å². The second-order valence-electron chi connectivity index (χ2n) is 3.59. The lowest BCUT2D eigenvalue weighted by Gasteiger charge is -2.13. The molecule has 1 aromatic heterocycles. The molecule has 0 unspecified atom stereocenters. The van der Waals surface area contributed by atoms with Gasteiger partial charge in [0.1, 0.15) is 5.82 Å². The summed E-state index contributed by atoms with van der Waals surface area (Å²) in [6, 6.07) is 1.72. The number of aromatic nitrogens is 1. The van der Waals surface area contributed by atoms with Gasteiger partial charge in [0.05, 0.1) is 26.8 Å². The first kappa shape index (κ1) is 12.4. The van der Waals surface area contributed by atoms with Gasteiger partial charge in [-0.1, -0.05) is 0 Å². The number of aliphatic hydroxyl groups is 1. The Labute approximate surface area is 109 Å². The summed E-state index contributed by atoms with van der Waals surface area (Å²) in [5.41, 5.74) is -0.157. The van der Waals surface area contributed by atoms with Crippen LogP contribution in [-0.2, 0) is 13.7 Å². The molecule has 6 heteroatoms. The normalized spacial score (nSPS) is 11.1. The average molecular weight is 351 g/mol. The first-order chi connectivity index (χ1) is 7.97. The molecule has 0 aliphatic rings. The number of pyridine rings is 1.